The molecular weight excluding hydrogens is 270 g/mol. The van der Waals surface area contributed by atoms with Crippen molar-refractivity contribution in [3.8, 4) is 0 Å². The highest BCUT2D eigenvalue weighted by Gasteiger charge is 2.13. The Kier molecular flexibility index (Phi) is 7.47. The molecule has 1 aromatic carbocycles. The number of nitrogens with two attached hydrogens (primary N) is 1. The van der Waals surface area contributed by atoms with Crippen LogP contribution in [0.2, 0.25) is 0 Å². The quantitative estimate of drug-likeness (QED) is 0.774. The molecule has 1 rings (SSSR count). The molecule has 0 radical (unpaired) electrons. The minimum absolute atomic E-state index is 0.116. The second-order valence-corrected chi connectivity index (χ2v) is 5.58. The van der Waals surface area contributed by atoms with Gasteiger partial charge in [0, 0.05) is 24.5 Å². The molecule has 0 aliphatic heterocycles. The maximum Gasteiger partial charge on any atom is 0.241 e. The van der Waals surface area contributed by atoms with E-state index in [0.717, 1.165) is 24.5 Å². The summed E-state index contributed by atoms with van der Waals surface area (Å²) in [4.78, 5) is 14.2. The Labute approximate surface area is 126 Å². The fourth-order valence-corrected chi connectivity index (χ4v) is 2.44. The number of benzene rings is 1. The van der Waals surface area contributed by atoms with Crippen LogP contribution in [-0.2, 0) is 4.79 Å². The van der Waals surface area contributed by atoms with Gasteiger partial charge in [-0.3, -0.25) is 4.79 Å². The SMILES string of the molecule is CCN(CC)c1ccc(NC(=O)[C@@H](N)CCSC)cc1. The fourth-order valence-electron chi connectivity index (χ4n) is 1.96. The molecule has 3 N–H and O–H groups in total. The fraction of sp³-hybridized carbons (Fsp3) is 0.533. The summed E-state index contributed by atoms with van der Waals surface area (Å²) < 4.78 is 0. The highest BCUT2D eigenvalue weighted by atomic mass is 32.2. The van der Waals surface area contributed by atoms with Gasteiger partial charge in [-0.15, -0.1) is 0 Å². The van der Waals surface area contributed by atoms with Crippen molar-refractivity contribution in [2.75, 3.05) is 35.3 Å². The number of amides is 1. The molecule has 0 aromatic heterocycles. The van der Waals surface area contributed by atoms with Crippen molar-refractivity contribution < 1.29 is 4.79 Å². The van der Waals surface area contributed by atoms with E-state index >= 15 is 0 Å². The average Bonchev–Trinajstić information content (AvgIpc) is 2.47. The summed E-state index contributed by atoms with van der Waals surface area (Å²) in [6.45, 7) is 6.21. The van der Waals surface area contributed by atoms with Crippen molar-refractivity contribution in [1.29, 1.82) is 0 Å². The van der Waals surface area contributed by atoms with Gasteiger partial charge in [0.05, 0.1) is 6.04 Å². The van der Waals surface area contributed by atoms with Crippen LogP contribution >= 0.6 is 11.8 Å². The molecule has 0 aliphatic carbocycles. The molecule has 0 aliphatic rings. The molecule has 0 saturated carbocycles. The second kappa shape index (κ2) is 8.87. The van der Waals surface area contributed by atoms with Gasteiger partial charge in [-0.1, -0.05) is 0 Å². The number of carbonyl (C=O) groups excluding carboxylic acids is 1. The molecule has 1 aromatic rings. The van der Waals surface area contributed by atoms with E-state index < -0.39 is 6.04 Å². The first-order valence-electron chi connectivity index (χ1n) is 7.02. The van der Waals surface area contributed by atoms with Crippen LogP contribution in [0.25, 0.3) is 0 Å². The van der Waals surface area contributed by atoms with Crippen molar-refractivity contribution >= 4 is 29.0 Å². The molecule has 1 amide bonds. The lowest BCUT2D eigenvalue weighted by molar-refractivity contribution is -0.117. The predicted molar refractivity (Wildman–Crippen MR) is 89.6 cm³/mol. The van der Waals surface area contributed by atoms with Crippen LogP contribution in [0.15, 0.2) is 24.3 Å². The number of nitrogens with zero attached hydrogens (tertiary/aromatic N) is 1. The van der Waals surface area contributed by atoms with Crippen LogP contribution in [0.3, 0.4) is 0 Å². The molecule has 0 heterocycles. The van der Waals surface area contributed by atoms with Gasteiger partial charge in [0.25, 0.3) is 0 Å². The monoisotopic (exact) mass is 295 g/mol. The van der Waals surface area contributed by atoms with Gasteiger partial charge >= 0.3 is 0 Å². The first-order valence-corrected chi connectivity index (χ1v) is 8.42. The smallest absolute Gasteiger partial charge is 0.241 e. The predicted octanol–water partition coefficient (Wildman–Crippen LogP) is 2.55. The Morgan fingerprint density at radius 2 is 1.90 bits per heavy atom. The van der Waals surface area contributed by atoms with Crippen molar-refractivity contribution in [3.63, 3.8) is 0 Å². The molecule has 112 valence electrons. The summed E-state index contributed by atoms with van der Waals surface area (Å²) in [6.07, 6.45) is 2.71. The Hall–Kier alpha value is -1.20. The average molecular weight is 295 g/mol. The lowest BCUT2D eigenvalue weighted by Gasteiger charge is -2.21. The Morgan fingerprint density at radius 1 is 1.30 bits per heavy atom. The molecule has 0 unspecified atom stereocenters. The maximum atomic E-state index is 11.9. The van der Waals surface area contributed by atoms with Crippen LogP contribution in [0.1, 0.15) is 20.3 Å². The zero-order valence-corrected chi connectivity index (χ0v) is 13.4. The van der Waals surface area contributed by atoms with Crippen molar-refractivity contribution in [1.82, 2.24) is 0 Å². The van der Waals surface area contributed by atoms with Crippen LogP contribution in [0, 0.1) is 0 Å². The third-order valence-electron chi connectivity index (χ3n) is 3.23. The van der Waals surface area contributed by atoms with Gasteiger partial charge in [0.2, 0.25) is 5.91 Å². The summed E-state index contributed by atoms with van der Waals surface area (Å²) in [7, 11) is 0. The third kappa shape index (κ3) is 5.06. The van der Waals surface area contributed by atoms with E-state index in [2.05, 4.69) is 24.1 Å². The molecule has 5 heteroatoms. The topological polar surface area (TPSA) is 58.4 Å². The van der Waals surface area contributed by atoms with E-state index in [1.807, 2.05) is 30.5 Å². The van der Waals surface area contributed by atoms with Gasteiger partial charge in [-0.25, -0.2) is 0 Å². The zero-order valence-electron chi connectivity index (χ0n) is 12.6. The molecule has 0 bridgehead atoms. The second-order valence-electron chi connectivity index (χ2n) is 4.60. The van der Waals surface area contributed by atoms with Crippen molar-refractivity contribution in [2.45, 2.75) is 26.3 Å². The highest BCUT2D eigenvalue weighted by molar-refractivity contribution is 7.98. The Bertz CT molecular complexity index is 404. The van der Waals surface area contributed by atoms with Crippen LogP contribution < -0.4 is 16.0 Å². The molecule has 0 spiro atoms. The minimum atomic E-state index is -0.440. The van der Waals surface area contributed by atoms with Gasteiger partial charge < -0.3 is 16.0 Å². The van der Waals surface area contributed by atoms with E-state index in [4.69, 9.17) is 5.73 Å². The lowest BCUT2D eigenvalue weighted by atomic mass is 10.2. The molecule has 0 saturated heterocycles. The minimum Gasteiger partial charge on any atom is -0.372 e. The standard InChI is InChI=1S/C15H25N3OS/c1-4-18(5-2)13-8-6-12(7-9-13)17-15(19)14(16)10-11-20-3/h6-9,14H,4-5,10-11,16H2,1-3H3,(H,17,19)/t14-/m0/s1. The van der Waals surface area contributed by atoms with E-state index in [-0.39, 0.29) is 5.91 Å². The van der Waals surface area contributed by atoms with Gasteiger partial charge in [0.15, 0.2) is 0 Å². The first kappa shape index (κ1) is 16.9. The zero-order chi connectivity index (χ0) is 15.0. The Balaban J connectivity index is 2.58. The highest BCUT2D eigenvalue weighted by Crippen LogP contribution is 2.17. The lowest BCUT2D eigenvalue weighted by Crippen LogP contribution is -2.36. The normalized spacial score (nSPS) is 12.0. The molecule has 20 heavy (non-hydrogen) atoms. The summed E-state index contributed by atoms with van der Waals surface area (Å²) >= 11 is 1.70. The number of hydrogen-bond donors (Lipinski definition) is 2. The van der Waals surface area contributed by atoms with Crippen LogP contribution in [0.5, 0.6) is 0 Å². The Morgan fingerprint density at radius 3 is 2.40 bits per heavy atom. The largest absolute Gasteiger partial charge is 0.372 e. The van der Waals surface area contributed by atoms with E-state index in [9.17, 15) is 4.79 Å². The van der Waals surface area contributed by atoms with E-state index in [0.29, 0.717) is 6.42 Å². The van der Waals surface area contributed by atoms with Gasteiger partial charge in [-0.2, -0.15) is 11.8 Å². The summed E-state index contributed by atoms with van der Waals surface area (Å²) in [6, 6.07) is 7.45. The van der Waals surface area contributed by atoms with E-state index in [1.54, 1.807) is 11.8 Å². The van der Waals surface area contributed by atoms with Gasteiger partial charge in [0.1, 0.15) is 0 Å². The number of anilines is 2. The summed E-state index contributed by atoms with van der Waals surface area (Å²) in [5.74, 6) is 0.782. The molecule has 4 nitrogen and oxygen atoms in total. The van der Waals surface area contributed by atoms with Gasteiger partial charge in [-0.05, 0) is 56.5 Å². The number of rotatable bonds is 8. The van der Waals surface area contributed by atoms with E-state index in [1.165, 1.54) is 5.69 Å². The van der Waals surface area contributed by atoms with Crippen LogP contribution in [0.4, 0.5) is 11.4 Å². The summed E-state index contributed by atoms with van der Waals surface area (Å²) in [5.41, 5.74) is 7.80. The number of hydrogen-bond acceptors (Lipinski definition) is 4. The van der Waals surface area contributed by atoms with Crippen LogP contribution in [-0.4, -0.2) is 37.0 Å². The molecule has 1 atom stereocenters. The number of carbonyl (C=O) groups is 1. The summed E-state index contributed by atoms with van der Waals surface area (Å²) in [5, 5.41) is 2.86. The number of nitrogens with one attached hydrogen (secondary N) is 1. The first-order chi connectivity index (χ1) is 9.62. The third-order valence-corrected chi connectivity index (χ3v) is 3.88. The molecular formula is C15H25N3OS. The molecule has 0 fully saturated rings. The maximum absolute atomic E-state index is 11.9. The number of thioether (sulfide) groups is 1. The van der Waals surface area contributed by atoms with Crippen molar-refractivity contribution in [2.24, 2.45) is 5.73 Å². The van der Waals surface area contributed by atoms with Crippen molar-refractivity contribution in [3.05, 3.63) is 24.3 Å².